The molecule has 1 aromatic carbocycles. The van der Waals surface area contributed by atoms with Crippen molar-refractivity contribution in [3.05, 3.63) is 53.9 Å². The van der Waals surface area contributed by atoms with Crippen molar-refractivity contribution in [3.63, 3.8) is 0 Å². The predicted molar refractivity (Wildman–Crippen MR) is 77.5 cm³/mol. The van der Waals surface area contributed by atoms with Gasteiger partial charge in [-0.05, 0) is 25.0 Å². The van der Waals surface area contributed by atoms with Gasteiger partial charge >= 0.3 is 0 Å². The molecule has 1 heterocycles. The summed E-state index contributed by atoms with van der Waals surface area (Å²) < 4.78 is 0. The number of Topliss-reactive ketones (excluding diaryl/α,β-unsaturated/α-hetero) is 1. The molecule has 0 aliphatic carbocycles. The second-order valence-electron chi connectivity index (χ2n) is 4.21. The summed E-state index contributed by atoms with van der Waals surface area (Å²) in [7, 11) is 0. The molecule has 0 fully saturated rings. The summed E-state index contributed by atoms with van der Waals surface area (Å²) in [5.41, 5.74) is 1.98. The third-order valence-electron chi connectivity index (χ3n) is 2.84. The quantitative estimate of drug-likeness (QED) is 0.475. The average molecular weight is 272 g/mol. The van der Waals surface area contributed by atoms with E-state index in [4.69, 9.17) is 0 Å². The third kappa shape index (κ3) is 3.64. The molecule has 19 heavy (non-hydrogen) atoms. The molecule has 0 bridgehead atoms. The van der Waals surface area contributed by atoms with Crippen molar-refractivity contribution < 1.29 is 4.79 Å². The molecule has 4 heteroatoms. The number of ketones is 1. The number of rotatable bonds is 5. The maximum absolute atomic E-state index is 12.3. The zero-order valence-corrected chi connectivity index (χ0v) is 11.9. The summed E-state index contributed by atoms with van der Waals surface area (Å²) in [5.74, 6) is 0.111. The fraction of sp³-hybridized carbons (Fsp3) is 0.267. The molecule has 0 spiro atoms. The number of thioether (sulfide) groups is 1. The molecular weight excluding hydrogens is 256 g/mol. The Kier molecular flexibility index (Phi) is 4.68. The van der Waals surface area contributed by atoms with Gasteiger partial charge in [-0.3, -0.25) is 4.79 Å². The van der Waals surface area contributed by atoms with Gasteiger partial charge in [0.25, 0.3) is 0 Å². The van der Waals surface area contributed by atoms with Gasteiger partial charge in [0.15, 0.2) is 10.9 Å². The average Bonchev–Trinajstić information content (AvgIpc) is 2.47. The van der Waals surface area contributed by atoms with Crippen LogP contribution >= 0.6 is 11.8 Å². The molecule has 1 atom stereocenters. The zero-order chi connectivity index (χ0) is 13.7. The van der Waals surface area contributed by atoms with Crippen LogP contribution in [0.5, 0.6) is 0 Å². The minimum absolute atomic E-state index is 0.111. The normalized spacial score (nSPS) is 12.1. The number of aromatic nitrogens is 2. The van der Waals surface area contributed by atoms with E-state index in [0.717, 1.165) is 12.0 Å². The van der Waals surface area contributed by atoms with Crippen molar-refractivity contribution >= 4 is 17.5 Å². The highest BCUT2D eigenvalue weighted by Crippen LogP contribution is 2.22. The van der Waals surface area contributed by atoms with Gasteiger partial charge < -0.3 is 0 Å². The molecule has 0 saturated carbocycles. The number of carbonyl (C=O) groups is 1. The van der Waals surface area contributed by atoms with Gasteiger partial charge in [0.05, 0.1) is 5.25 Å². The van der Waals surface area contributed by atoms with Gasteiger partial charge in [0.1, 0.15) is 0 Å². The Morgan fingerprint density at radius 3 is 2.42 bits per heavy atom. The van der Waals surface area contributed by atoms with Crippen LogP contribution in [-0.2, 0) is 6.42 Å². The third-order valence-corrected chi connectivity index (χ3v) is 3.83. The van der Waals surface area contributed by atoms with Crippen LogP contribution in [0.4, 0.5) is 0 Å². The first-order valence-electron chi connectivity index (χ1n) is 6.27. The van der Waals surface area contributed by atoms with Crippen molar-refractivity contribution in [3.8, 4) is 0 Å². The number of nitrogens with zero attached hydrogens (tertiary/aromatic N) is 2. The zero-order valence-electron chi connectivity index (χ0n) is 11.0. The van der Waals surface area contributed by atoms with Gasteiger partial charge in [0.2, 0.25) is 0 Å². The molecule has 98 valence electrons. The molecule has 0 saturated heterocycles. The first-order chi connectivity index (χ1) is 9.20. The topological polar surface area (TPSA) is 42.9 Å². The summed E-state index contributed by atoms with van der Waals surface area (Å²) in [6, 6.07) is 9.56. The van der Waals surface area contributed by atoms with E-state index in [9.17, 15) is 4.79 Å². The van der Waals surface area contributed by atoms with E-state index in [1.807, 2.05) is 31.2 Å². The molecular formula is C15H16N2OS. The number of aryl methyl sites for hydroxylation is 1. The highest BCUT2D eigenvalue weighted by atomic mass is 32.2. The Hall–Kier alpha value is -1.68. The van der Waals surface area contributed by atoms with Crippen LogP contribution in [0.25, 0.3) is 0 Å². The van der Waals surface area contributed by atoms with Crippen LogP contribution in [0, 0.1) is 0 Å². The van der Waals surface area contributed by atoms with Crippen molar-refractivity contribution in [2.45, 2.75) is 30.7 Å². The SMILES string of the molecule is CCc1ccc(C(=O)C(C)Sc2ncccn2)cc1. The van der Waals surface area contributed by atoms with Gasteiger partial charge in [-0.25, -0.2) is 9.97 Å². The van der Waals surface area contributed by atoms with Crippen molar-refractivity contribution in [2.75, 3.05) is 0 Å². The largest absolute Gasteiger partial charge is 0.293 e. The summed E-state index contributed by atoms with van der Waals surface area (Å²) in [4.78, 5) is 20.5. The Balaban J connectivity index is 2.06. The molecule has 0 N–H and O–H groups in total. The minimum Gasteiger partial charge on any atom is -0.293 e. The molecule has 3 nitrogen and oxygen atoms in total. The van der Waals surface area contributed by atoms with Crippen LogP contribution in [0.1, 0.15) is 29.8 Å². The van der Waals surface area contributed by atoms with Gasteiger partial charge in [0, 0.05) is 18.0 Å². The number of hydrogen-bond donors (Lipinski definition) is 0. The maximum atomic E-state index is 12.3. The number of benzene rings is 1. The van der Waals surface area contributed by atoms with E-state index < -0.39 is 0 Å². The Labute approximate surface area is 117 Å². The van der Waals surface area contributed by atoms with E-state index in [1.165, 1.54) is 17.3 Å². The van der Waals surface area contributed by atoms with Crippen molar-refractivity contribution in [1.29, 1.82) is 0 Å². The molecule has 1 unspecified atom stereocenters. The van der Waals surface area contributed by atoms with Crippen LogP contribution in [-0.4, -0.2) is 21.0 Å². The van der Waals surface area contributed by atoms with Crippen LogP contribution in [0.15, 0.2) is 47.9 Å². The van der Waals surface area contributed by atoms with E-state index in [-0.39, 0.29) is 11.0 Å². The Morgan fingerprint density at radius 2 is 1.84 bits per heavy atom. The lowest BCUT2D eigenvalue weighted by Gasteiger charge is -2.09. The summed E-state index contributed by atoms with van der Waals surface area (Å²) in [6.07, 6.45) is 4.35. The molecule has 0 amide bonds. The highest BCUT2D eigenvalue weighted by molar-refractivity contribution is 8.00. The summed E-state index contributed by atoms with van der Waals surface area (Å²) >= 11 is 1.38. The molecule has 1 aromatic heterocycles. The van der Waals surface area contributed by atoms with Crippen LogP contribution < -0.4 is 0 Å². The van der Waals surface area contributed by atoms with Crippen molar-refractivity contribution in [2.24, 2.45) is 0 Å². The fourth-order valence-corrected chi connectivity index (χ4v) is 2.50. The lowest BCUT2D eigenvalue weighted by Crippen LogP contribution is -2.14. The minimum atomic E-state index is -0.185. The van der Waals surface area contributed by atoms with E-state index in [0.29, 0.717) is 5.16 Å². The fourth-order valence-electron chi connectivity index (χ4n) is 1.70. The van der Waals surface area contributed by atoms with Gasteiger partial charge in [-0.15, -0.1) is 0 Å². The number of carbonyl (C=O) groups excluding carboxylic acids is 1. The first kappa shape index (κ1) is 13.7. The van der Waals surface area contributed by atoms with Crippen molar-refractivity contribution in [1.82, 2.24) is 9.97 Å². The standard InChI is InChI=1S/C15H16N2OS/c1-3-12-5-7-13(8-6-12)14(18)11(2)19-15-16-9-4-10-17-15/h4-11H,3H2,1-2H3. The number of hydrogen-bond acceptors (Lipinski definition) is 4. The first-order valence-corrected chi connectivity index (χ1v) is 7.15. The summed E-state index contributed by atoms with van der Waals surface area (Å²) in [6.45, 7) is 3.99. The van der Waals surface area contributed by atoms with E-state index in [2.05, 4.69) is 16.9 Å². The summed E-state index contributed by atoms with van der Waals surface area (Å²) in [5, 5.41) is 0.448. The highest BCUT2D eigenvalue weighted by Gasteiger charge is 2.17. The second kappa shape index (κ2) is 6.48. The molecule has 0 aliphatic heterocycles. The lowest BCUT2D eigenvalue weighted by molar-refractivity contribution is 0.0994. The molecule has 0 radical (unpaired) electrons. The van der Waals surface area contributed by atoms with E-state index in [1.54, 1.807) is 18.5 Å². The molecule has 2 rings (SSSR count). The van der Waals surface area contributed by atoms with Gasteiger partial charge in [-0.2, -0.15) is 0 Å². The van der Waals surface area contributed by atoms with Crippen LogP contribution in [0.2, 0.25) is 0 Å². The maximum Gasteiger partial charge on any atom is 0.188 e. The Bertz CT molecular complexity index is 540. The molecule has 0 aliphatic rings. The molecule has 2 aromatic rings. The van der Waals surface area contributed by atoms with E-state index >= 15 is 0 Å². The lowest BCUT2D eigenvalue weighted by atomic mass is 10.1. The smallest absolute Gasteiger partial charge is 0.188 e. The second-order valence-corrected chi connectivity index (χ2v) is 5.51. The Morgan fingerprint density at radius 1 is 1.21 bits per heavy atom. The monoisotopic (exact) mass is 272 g/mol. The predicted octanol–water partition coefficient (Wildman–Crippen LogP) is 3.40. The van der Waals surface area contributed by atoms with Gasteiger partial charge in [-0.1, -0.05) is 43.0 Å². The van der Waals surface area contributed by atoms with Crippen LogP contribution in [0.3, 0.4) is 0 Å².